The second-order valence-electron chi connectivity index (χ2n) is 6.38. The van der Waals surface area contributed by atoms with Crippen LogP contribution >= 0.6 is 0 Å². The first-order valence-corrected chi connectivity index (χ1v) is 9.34. The lowest BCUT2D eigenvalue weighted by atomic mass is 10.2. The van der Waals surface area contributed by atoms with Gasteiger partial charge in [0.2, 0.25) is 17.6 Å². The summed E-state index contributed by atoms with van der Waals surface area (Å²) >= 11 is 0. The zero-order chi connectivity index (χ0) is 22.2. The van der Waals surface area contributed by atoms with E-state index in [-0.39, 0.29) is 36.8 Å². The Bertz CT molecular complexity index is 1010. The van der Waals surface area contributed by atoms with Crippen LogP contribution < -0.4 is 19.5 Å². The van der Waals surface area contributed by atoms with Crippen LogP contribution in [-0.4, -0.2) is 36.9 Å². The zero-order valence-electron chi connectivity index (χ0n) is 16.9. The van der Waals surface area contributed by atoms with Gasteiger partial charge in [0, 0.05) is 24.9 Å². The van der Waals surface area contributed by atoms with Gasteiger partial charge in [-0.3, -0.25) is 4.79 Å². The number of hydrogen-bond donors (Lipinski definition) is 1. The molecule has 0 aliphatic heterocycles. The van der Waals surface area contributed by atoms with E-state index in [4.69, 9.17) is 14.0 Å². The van der Waals surface area contributed by atoms with Crippen molar-refractivity contribution in [1.82, 2.24) is 15.5 Å². The van der Waals surface area contributed by atoms with E-state index < -0.39 is 6.61 Å². The summed E-state index contributed by atoms with van der Waals surface area (Å²) in [5, 5.41) is 6.67. The number of nitrogens with one attached hydrogen (secondary N) is 1. The Labute approximate surface area is 177 Å². The van der Waals surface area contributed by atoms with Crippen molar-refractivity contribution in [2.75, 3.05) is 14.2 Å². The summed E-state index contributed by atoms with van der Waals surface area (Å²) in [6.45, 7) is -2.75. The Morgan fingerprint density at radius 1 is 1.10 bits per heavy atom. The summed E-state index contributed by atoms with van der Waals surface area (Å²) in [5.74, 6) is 1.35. The van der Waals surface area contributed by atoms with Gasteiger partial charge in [-0.05, 0) is 42.0 Å². The lowest BCUT2D eigenvalue weighted by Gasteiger charge is -2.11. The summed E-state index contributed by atoms with van der Waals surface area (Å²) in [6, 6.07) is 11.7. The SMILES string of the molecule is COc1ccc(-c2noc(CCC(=O)NCc3ccc(OC(F)F)c(OC)c3)n2)cc1. The van der Waals surface area contributed by atoms with Crippen LogP contribution in [0.15, 0.2) is 47.0 Å². The summed E-state index contributed by atoms with van der Waals surface area (Å²) in [5.41, 5.74) is 1.44. The smallest absolute Gasteiger partial charge is 0.387 e. The van der Waals surface area contributed by atoms with Gasteiger partial charge in [0.15, 0.2) is 11.5 Å². The molecular weight excluding hydrogens is 412 g/mol. The normalized spacial score (nSPS) is 10.7. The van der Waals surface area contributed by atoms with E-state index in [1.807, 2.05) is 12.1 Å². The van der Waals surface area contributed by atoms with Crippen molar-refractivity contribution >= 4 is 5.91 Å². The largest absolute Gasteiger partial charge is 0.497 e. The van der Waals surface area contributed by atoms with Gasteiger partial charge < -0.3 is 24.1 Å². The van der Waals surface area contributed by atoms with Gasteiger partial charge >= 0.3 is 6.61 Å². The molecule has 8 nitrogen and oxygen atoms in total. The van der Waals surface area contributed by atoms with E-state index >= 15 is 0 Å². The fraction of sp³-hybridized carbons (Fsp3) is 0.286. The van der Waals surface area contributed by atoms with Crippen LogP contribution in [0.5, 0.6) is 17.2 Å². The molecule has 3 aromatic rings. The number of alkyl halides is 2. The van der Waals surface area contributed by atoms with Crippen LogP contribution in [0.25, 0.3) is 11.4 Å². The average Bonchev–Trinajstić information content (AvgIpc) is 3.25. The van der Waals surface area contributed by atoms with Crippen molar-refractivity contribution in [3.8, 4) is 28.6 Å². The highest BCUT2D eigenvalue weighted by atomic mass is 19.3. The molecule has 2 aromatic carbocycles. The third-order valence-electron chi connectivity index (χ3n) is 4.32. The number of aryl methyl sites for hydroxylation is 1. The monoisotopic (exact) mass is 433 g/mol. The van der Waals surface area contributed by atoms with Gasteiger partial charge in [0.05, 0.1) is 14.2 Å². The maximum absolute atomic E-state index is 12.4. The van der Waals surface area contributed by atoms with E-state index in [1.54, 1.807) is 25.3 Å². The van der Waals surface area contributed by atoms with Crippen molar-refractivity contribution in [2.24, 2.45) is 0 Å². The summed E-state index contributed by atoms with van der Waals surface area (Å²) in [7, 11) is 2.93. The van der Waals surface area contributed by atoms with E-state index in [0.717, 1.165) is 11.3 Å². The maximum atomic E-state index is 12.4. The number of aromatic nitrogens is 2. The molecule has 0 fully saturated rings. The van der Waals surface area contributed by atoms with E-state index in [2.05, 4.69) is 20.2 Å². The van der Waals surface area contributed by atoms with Crippen molar-refractivity contribution in [2.45, 2.75) is 26.0 Å². The van der Waals surface area contributed by atoms with E-state index in [0.29, 0.717) is 17.3 Å². The first kappa shape index (κ1) is 22.0. The van der Waals surface area contributed by atoms with Crippen LogP contribution in [0.3, 0.4) is 0 Å². The molecule has 164 valence electrons. The second kappa shape index (κ2) is 10.4. The molecule has 1 N–H and O–H groups in total. The number of carbonyl (C=O) groups is 1. The van der Waals surface area contributed by atoms with Gasteiger partial charge in [0.25, 0.3) is 0 Å². The molecule has 1 aromatic heterocycles. The van der Waals surface area contributed by atoms with Crippen LogP contribution in [0, 0.1) is 0 Å². The molecule has 0 saturated carbocycles. The predicted molar refractivity (Wildman–Crippen MR) is 106 cm³/mol. The van der Waals surface area contributed by atoms with Crippen molar-refractivity contribution in [3.05, 3.63) is 53.9 Å². The number of hydrogen-bond acceptors (Lipinski definition) is 7. The second-order valence-corrected chi connectivity index (χ2v) is 6.38. The number of rotatable bonds is 10. The molecule has 0 saturated heterocycles. The molecule has 0 aliphatic carbocycles. The Morgan fingerprint density at radius 3 is 2.55 bits per heavy atom. The lowest BCUT2D eigenvalue weighted by Crippen LogP contribution is -2.23. The quantitative estimate of drug-likeness (QED) is 0.522. The molecule has 3 rings (SSSR count). The fourth-order valence-electron chi connectivity index (χ4n) is 2.74. The first-order chi connectivity index (χ1) is 15.0. The molecule has 1 amide bonds. The third kappa shape index (κ3) is 6.14. The first-order valence-electron chi connectivity index (χ1n) is 9.34. The van der Waals surface area contributed by atoms with Crippen molar-refractivity contribution in [3.63, 3.8) is 0 Å². The number of nitrogens with zero attached hydrogens (tertiary/aromatic N) is 2. The molecule has 31 heavy (non-hydrogen) atoms. The van der Waals surface area contributed by atoms with Crippen LogP contribution in [-0.2, 0) is 17.8 Å². The minimum Gasteiger partial charge on any atom is -0.497 e. The summed E-state index contributed by atoms with van der Waals surface area (Å²) in [6.07, 6.45) is 0.424. The molecule has 0 bridgehead atoms. The van der Waals surface area contributed by atoms with E-state index in [9.17, 15) is 13.6 Å². The molecule has 0 radical (unpaired) electrons. The molecule has 0 aliphatic rings. The van der Waals surface area contributed by atoms with Crippen LogP contribution in [0.1, 0.15) is 17.9 Å². The molecular formula is C21H21F2N3O5. The van der Waals surface area contributed by atoms with Gasteiger partial charge in [-0.15, -0.1) is 0 Å². The van der Waals surface area contributed by atoms with Gasteiger partial charge in [0.1, 0.15) is 5.75 Å². The number of carbonyl (C=O) groups excluding carboxylic acids is 1. The Hall–Kier alpha value is -3.69. The van der Waals surface area contributed by atoms with E-state index in [1.165, 1.54) is 19.2 Å². The van der Waals surface area contributed by atoms with Crippen LogP contribution in [0.2, 0.25) is 0 Å². The van der Waals surface area contributed by atoms with Crippen molar-refractivity contribution < 1.29 is 32.3 Å². The molecule has 1 heterocycles. The molecule has 10 heteroatoms. The minimum atomic E-state index is -2.95. The lowest BCUT2D eigenvalue weighted by molar-refractivity contribution is -0.121. The van der Waals surface area contributed by atoms with Gasteiger partial charge in [-0.2, -0.15) is 13.8 Å². The summed E-state index contributed by atoms with van der Waals surface area (Å²) in [4.78, 5) is 16.4. The minimum absolute atomic E-state index is 0.0726. The predicted octanol–water partition coefficient (Wildman–Crippen LogP) is 3.60. The topological polar surface area (TPSA) is 95.7 Å². The number of halogens is 2. The highest BCUT2D eigenvalue weighted by Gasteiger charge is 2.13. The molecule has 0 atom stereocenters. The number of benzene rings is 2. The van der Waals surface area contributed by atoms with Gasteiger partial charge in [-0.1, -0.05) is 11.2 Å². The van der Waals surface area contributed by atoms with Crippen molar-refractivity contribution in [1.29, 1.82) is 0 Å². The summed E-state index contributed by atoms with van der Waals surface area (Å²) < 4.78 is 44.5. The molecule has 0 spiro atoms. The standard InChI is InChI=1S/C21H21F2N3O5/c1-28-15-6-4-14(5-7-15)20-25-19(31-26-20)10-9-18(27)24-12-13-3-8-16(30-21(22)23)17(11-13)29-2/h3-8,11,21H,9-10,12H2,1-2H3,(H,24,27). The Morgan fingerprint density at radius 2 is 1.87 bits per heavy atom. The average molecular weight is 433 g/mol. The highest BCUT2D eigenvalue weighted by molar-refractivity contribution is 5.76. The molecule has 0 unspecified atom stereocenters. The van der Waals surface area contributed by atoms with Crippen LogP contribution in [0.4, 0.5) is 8.78 Å². The highest BCUT2D eigenvalue weighted by Crippen LogP contribution is 2.29. The zero-order valence-corrected chi connectivity index (χ0v) is 16.9. The Kier molecular flexibility index (Phi) is 7.36. The Balaban J connectivity index is 1.50. The number of methoxy groups -OCH3 is 2. The van der Waals surface area contributed by atoms with Gasteiger partial charge in [-0.25, -0.2) is 0 Å². The number of amides is 1. The fourth-order valence-corrected chi connectivity index (χ4v) is 2.74. The number of ether oxygens (including phenoxy) is 3. The maximum Gasteiger partial charge on any atom is 0.387 e. The third-order valence-corrected chi connectivity index (χ3v) is 4.32.